The lowest BCUT2D eigenvalue weighted by molar-refractivity contribution is -0.137. The van der Waals surface area contributed by atoms with Gasteiger partial charge in [-0.15, -0.1) is 0 Å². The molecule has 5 nitrogen and oxygen atoms in total. The van der Waals surface area contributed by atoms with Gasteiger partial charge in [0.2, 0.25) is 0 Å². The van der Waals surface area contributed by atoms with Crippen LogP contribution in [0.5, 0.6) is 0 Å². The van der Waals surface area contributed by atoms with E-state index in [1.165, 1.54) is 12.3 Å². The van der Waals surface area contributed by atoms with Gasteiger partial charge in [0.25, 0.3) is 5.91 Å². The van der Waals surface area contributed by atoms with Crippen LogP contribution in [0.25, 0.3) is 21.8 Å². The zero-order valence-electron chi connectivity index (χ0n) is 19.1. The number of hydrogen-bond donors (Lipinski definition) is 2. The SMILES string of the molecule is Cc1c[nH]c2cc(F)c(CNC(=O)c3ccnc(Cc4ccc5ncc(C(F)(F)F)cc5c4)c3)cc12. The maximum atomic E-state index is 14.4. The van der Waals surface area contributed by atoms with E-state index in [1.54, 1.807) is 42.6 Å². The van der Waals surface area contributed by atoms with Crippen molar-refractivity contribution in [3.8, 4) is 0 Å². The number of aromatic amines is 1. The number of H-pyrrole nitrogens is 1. The fourth-order valence-corrected chi connectivity index (χ4v) is 4.11. The van der Waals surface area contributed by atoms with E-state index in [9.17, 15) is 22.4 Å². The molecule has 0 unspecified atom stereocenters. The first kappa shape index (κ1) is 23.5. The number of hydrogen-bond acceptors (Lipinski definition) is 3. The molecule has 0 aliphatic rings. The summed E-state index contributed by atoms with van der Waals surface area (Å²) < 4.78 is 53.6. The third-order valence-electron chi connectivity index (χ3n) is 6.03. The minimum absolute atomic E-state index is 0.0160. The summed E-state index contributed by atoms with van der Waals surface area (Å²) in [5.74, 6) is -0.805. The molecule has 5 rings (SSSR count). The van der Waals surface area contributed by atoms with Gasteiger partial charge in [0.05, 0.1) is 11.1 Å². The van der Waals surface area contributed by atoms with Crippen LogP contribution in [0.3, 0.4) is 0 Å². The molecule has 5 aromatic rings. The molecule has 3 heterocycles. The molecule has 9 heteroatoms. The number of benzene rings is 2. The summed E-state index contributed by atoms with van der Waals surface area (Å²) in [6, 6.07) is 12.4. The van der Waals surface area contributed by atoms with E-state index >= 15 is 0 Å². The van der Waals surface area contributed by atoms with Gasteiger partial charge in [-0.1, -0.05) is 6.07 Å². The van der Waals surface area contributed by atoms with Crippen LogP contribution in [-0.2, 0) is 19.1 Å². The van der Waals surface area contributed by atoms with Crippen molar-refractivity contribution >= 4 is 27.7 Å². The van der Waals surface area contributed by atoms with Gasteiger partial charge in [-0.2, -0.15) is 13.2 Å². The van der Waals surface area contributed by atoms with Crippen LogP contribution in [0, 0.1) is 12.7 Å². The molecule has 0 saturated carbocycles. The van der Waals surface area contributed by atoms with Crippen LogP contribution < -0.4 is 5.32 Å². The van der Waals surface area contributed by atoms with Crippen LogP contribution in [0.15, 0.2) is 67.1 Å². The lowest BCUT2D eigenvalue weighted by Crippen LogP contribution is -2.23. The normalized spacial score (nSPS) is 11.8. The number of carbonyl (C=O) groups excluding carboxylic acids is 1. The summed E-state index contributed by atoms with van der Waals surface area (Å²) in [7, 11) is 0. The molecule has 0 radical (unpaired) electrons. The average molecular weight is 492 g/mol. The van der Waals surface area contributed by atoms with Gasteiger partial charge in [0.1, 0.15) is 5.82 Å². The quantitative estimate of drug-likeness (QED) is 0.291. The van der Waals surface area contributed by atoms with Crippen LogP contribution in [0.1, 0.15) is 38.3 Å². The molecule has 182 valence electrons. The number of rotatable bonds is 5. The van der Waals surface area contributed by atoms with Crippen molar-refractivity contribution in [1.82, 2.24) is 20.3 Å². The smallest absolute Gasteiger partial charge is 0.361 e. The topological polar surface area (TPSA) is 70.7 Å². The lowest BCUT2D eigenvalue weighted by Gasteiger charge is -2.10. The van der Waals surface area contributed by atoms with Crippen molar-refractivity contribution in [2.45, 2.75) is 26.1 Å². The molecule has 0 saturated heterocycles. The fourth-order valence-electron chi connectivity index (χ4n) is 4.11. The van der Waals surface area contributed by atoms with Gasteiger partial charge in [-0.25, -0.2) is 4.39 Å². The second-order valence-corrected chi connectivity index (χ2v) is 8.61. The third kappa shape index (κ3) is 4.77. The summed E-state index contributed by atoms with van der Waals surface area (Å²) in [5, 5.41) is 3.99. The average Bonchev–Trinajstić information content (AvgIpc) is 3.20. The van der Waals surface area contributed by atoms with E-state index in [-0.39, 0.29) is 12.5 Å². The fraction of sp³-hybridized carbons (Fsp3) is 0.148. The Labute approximate surface area is 203 Å². The number of aryl methyl sites for hydroxylation is 1. The predicted molar refractivity (Wildman–Crippen MR) is 128 cm³/mol. The number of halogens is 4. The Kier molecular flexibility index (Phi) is 5.91. The molecule has 1 amide bonds. The number of nitrogens with one attached hydrogen (secondary N) is 2. The summed E-state index contributed by atoms with van der Waals surface area (Å²) in [6.45, 7) is 1.93. The maximum absolute atomic E-state index is 14.4. The van der Waals surface area contributed by atoms with Crippen LogP contribution >= 0.6 is 0 Å². The molecule has 3 aromatic heterocycles. The van der Waals surface area contributed by atoms with Gasteiger partial charge in [-0.05, 0) is 60.5 Å². The number of aromatic nitrogens is 3. The van der Waals surface area contributed by atoms with Crippen molar-refractivity contribution in [3.05, 3.63) is 106 Å². The first-order valence-electron chi connectivity index (χ1n) is 11.1. The molecule has 0 atom stereocenters. The van der Waals surface area contributed by atoms with Crippen LogP contribution in [0.4, 0.5) is 17.6 Å². The van der Waals surface area contributed by atoms with E-state index in [4.69, 9.17) is 0 Å². The minimum atomic E-state index is -4.48. The Balaban J connectivity index is 1.31. The summed E-state index contributed by atoms with van der Waals surface area (Å²) in [4.78, 5) is 23.9. The molecule has 0 aliphatic heterocycles. The highest BCUT2D eigenvalue weighted by molar-refractivity contribution is 5.94. The Morgan fingerprint density at radius 1 is 1.06 bits per heavy atom. The zero-order valence-corrected chi connectivity index (χ0v) is 19.1. The van der Waals surface area contributed by atoms with Crippen LogP contribution in [-0.4, -0.2) is 20.9 Å². The van der Waals surface area contributed by atoms with Crippen molar-refractivity contribution in [2.24, 2.45) is 0 Å². The van der Waals surface area contributed by atoms with Gasteiger partial charge in [0, 0.05) is 64.7 Å². The van der Waals surface area contributed by atoms with Gasteiger partial charge < -0.3 is 10.3 Å². The summed E-state index contributed by atoms with van der Waals surface area (Å²) >= 11 is 0. The van der Waals surface area contributed by atoms with Crippen molar-refractivity contribution in [3.63, 3.8) is 0 Å². The number of pyridine rings is 2. The zero-order chi connectivity index (χ0) is 25.4. The van der Waals surface area contributed by atoms with Gasteiger partial charge in [0.15, 0.2) is 0 Å². The number of fused-ring (bicyclic) bond motifs is 2. The Morgan fingerprint density at radius 2 is 1.89 bits per heavy atom. The number of amides is 1. The van der Waals surface area contributed by atoms with E-state index in [1.807, 2.05) is 6.92 Å². The molecule has 0 bridgehead atoms. The highest BCUT2D eigenvalue weighted by Gasteiger charge is 2.31. The minimum Gasteiger partial charge on any atom is -0.361 e. The first-order chi connectivity index (χ1) is 17.2. The van der Waals surface area contributed by atoms with Crippen molar-refractivity contribution in [1.29, 1.82) is 0 Å². The monoisotopic (exact) mass is 492 g/mol. The maximum Gasteiger partial charge on any atom is 0.417 e. The second kappa shape index (κ2) is 9.07. The van der Waals surface area contributed by atoms with Gasteiger partial charge in [-0.3, -0.25) is 14.8 Å². The first-order valence-corrected chi connectivity index (χ1v) is 11.1. The van der Waals surface area contributed by atoms with E-state index in [2.05, 4.69) is 20.3 Å². The third-order valence-corrected chi connectivity index (χ3v) is 6.03. The van der Waals surface area contributed by atoms with E-state index < -0.39 is 17.6 Å². The second-order valence-electron chi connectivity index (χ2n) is 8.61. The van der Waals surface area contributed by atoms with E-state index in [0.717, 1.165) is 28.8 Å². The molecule has 0 aliphatic carbocycles. The Hall–Kier alpha value is -4.27. The molecule has 2 N–H and O–H groups in total. The standard InChI is InChI=1S/C27H20F4N4O/c1-15-12-33-25-11-23(28)19(10-22(15)25)13-35-26(36)17-4-5-32-21(9-17)7-16-2-3-24-18(6-16)8-20(14-34-24)27(29,30)31/h2-6,8-12,14,33H,7,13H2,1H3,(H,35,36). The Morgan fingerprint density at radius 3 is 2.69 bits per heavy atom. The Bertz CT molecular complexity index is 1610. The lowest BCUT2D eigenvalue weighted by atomic mass is 10.0. The molecule has 0 fully saturated rings. The largest absolute Gasteiger partial charge is 0.417 e. The summed E-state index contributed by atoms with van der Waals surface area (Å²) in [5.41, 5.74) is 3.33. The summed E-state index contributed by atoms with van der Waals surface area (Å²) in [6.07, 6.45) is -0.0628. The molecular formula is C27H20F4N4O. The van der Waals surface area contributed by atoms with Crippen molar-refractivity contribution < 1.29 is 22.4 Å². The van der Waals surface area contributed by atoms with Crippen molar-refractivity contribution in [2.75, 3.05) is 0 Å². The highest BCUT2D eigenvalue weighted by Crippen LogP contribution is 2.31. The predicted octanol–water partition coefficient (Wildman–Crippen LogP) is 6.10. The van der Waals surface area contributed by atoms with Crippen LogP contribution in [0.2, 0.25) is 0 Å². The number of nitrogens with zero attached hydrogens (tertiary/aromatic N) is 2. The number of alkyl halides is 3. The molecular weight excluding hydrogens is 472 g/mol. The van der Waals surface area contributed by atoms with Gasteiger partial charge >= 0.3 is 6.18 Å². The molecule has 36 heavy (non-hydrogen) atoms. The number of carbonyl (C=O) groups is 1. The highest BCUT2D eigenvalue weighted by atomic mass is 19.4. The van der Waals surface area contributed by atoms with E-state index in [0.29, 0.717) is 39.7 Å². The molecule has 0 spiro atoms. The molecule has 2 aromatic carbocycles.